The molecule has 2 aliphatic rings. The fourth-order valence-corrected chi connectivity index (χ4v) is 4.07. The number of hydrogen-bond acceptors (Lipinski definition) is 2. The number of rotatable bonds is 2. The molecular weight excluding hydrogens is 360 g/mol. The summed E-state index contributed by atoms with van der Waals surface area (Å²) < 4.78 is 0.881. The monoisotopic (exact) mass is 380 g/mol. The van der Waals surface area contributed by atoms with Crippen LogP contribution in [0.1, 0.15) is 30.9 Å². The van der Waals surface area contributed by atoms with Crippen LogP contribution in [0, 0.1) is 11.8 Å². The Hall–Kier alpha value is -1.56. The van der Waals surface area contributed by atoms with Crippen molar-refractivity contribution < 1.29 is 14.7 Å². The summed E-state index contributed by atoms with van der Waals surface area (Å²) in [4.78, 5) is 25.4. The van der Waals surface area contributed by atoms with Crippen molar-refractivity contribution in [2.45, 2.75) is 32.6 Å². The van der Waals surface area contributed by atoms with Gasteiger partial charge in [0, 0.05) is 17.6 Å². The molecule has 1 aromatic carbocycles. The number of benzene rings is 1. The molecule has 6 heteroatoms. The lowest BCUT2D eigenvalue weighted by Crippen LogP contribution is -2.47. The Labute approximate surface area is 144 Å². The third-order valence-electron chi connectivity index (χ3n) is 4.72. The normalized spacial score (nSPS) is 23.5. The van der Waals surface area contributed by atoms with Gasteiger partial charge in [0.05, 0.1) is 11.6 Å². The Morgan fingerprint density at radius 3 is 2.65 bits per heavy atom. The second-order valence-electron chi connectivity index (χ2n) is 6.67. The van der Waals surface area contributed by atoms with E-state index in [4.69, 9.17) is 0 Å². The highest BCUT2D eigenvalue weighted by Crippen LogP contribution is 2.32. The van der Waals surface area contributed by atoms with Gasteiger partial charge in [-0.25, -0.2) is 4.79 Å². The van der Waals surface area contributed by atoms with Crippen molar-refractivity contribution in [2.75, 3.05) is 18.4 Å². The number of piperidine rings is 1. The van der Waals surface area contributed by atoms with Gasteiger partial charge in [-0.05, 0) is 70.8 Å². The van der Waals surface area contributed by atoms with Gasteiger partial charge in [-0.2, -0.15) is 0 Å². The number of nitrogens with zero attached hydrogens (tertiary/aromatic N) is 1. The van der Waals surface area contributed by atoms with E-state index in [1.165, 1.54) is 11.1 Å². The van der Waals surface area contributed by atoms with Crippen LogP contribution in [-0.4, -0.2) is 35.1 Å². The van der Waals surface area contributed by atoms with E-state index in [1.807, 2.05) is 13.0 Å². The molecule has 23 heavy (non-hydrogen) atoms. The quantitative estimate of drug-likeness (QED) is 0.824. The molecule has 1 aliphatic carbocycles. The van der Waals surface area contributed by atoms with Crippen LogP contribution in [0.4, 0.5) is 10.5 Å². The average Bonchev–Trinajstić information content (AvgIpc) is 2.93. The number of carbonyl (C=O) groups is 2. The zero-order valence-electron chi connectivity index (χ0n) is 13.1. The first-order chi connectivity index (χ1) is 10.9. The summed E-state index contributed by atoms with van der Waals surface area (Å²) in [5.74, 6) is -1.11. The van der Waals surface area contributed by atoms with Gasteiger partial charge in [-0.15, -0.1) is 0 Å². The number of amides is 2. The zero-order chi connectivity index (χ0) is 16.6. The largest absolute Gasteiger partial charge is 0.481 e. The average molecular weight is 381 g/mol. The number of nitrogens with one attached hydrogen (secondary N) is 1. The third-order valence-corrected chi connectivity index (χ3v) is 5.38. The molecule has 3 rings (SSSR count). The summed E-state index contributed by atoms with van der Waals surface area (Å²) in [6.45, 7) is 2.85. The number of fused-ring (bicyclic) bond motifs is 1. The van der Waals surface area contributed by atoms with E-state index in [0.717, 1.165) is 29.4 Å². The fourth-order valence-electron chi connectivity index (χ4n) is 3.58. The molecule has 1 aliphatic heterocycles. The summed E-state index contributed by atoms with van der Waals surface area (Å²) in [7, 11) is 0. The fraction of sp³-hybridized carbons (Fsp3) is 0.529. The Kier molecular flexibility index (Phi) is 4.62. The first kappa shape index (κ1) is 16.3. The van der Waals surface area contributed by atoms with E-state index < -0.39 is 11.9 Å². The number of carbonyl (C=O) groups excluding carboxylic acids is 1. The summed E-state index contributed by atoms with van der Waals surface area (Å²) in [6.07, 6.45) is 3.92. The van der Waals surface area contributed by atoms with Gasteiger partial charge >= 0.3 is 12.0 Å². The number of aliphatic carboxylic acids is 1. The summed E-state index contributed by atoms with van der Waals surface area (Å²) in [6, 6.07) is 3.89. The number of carboxylic acids is 1. The number of hydrogen-bond donors (Lipinski definition) is 2. The van der Waals surface area contributed by atoms with E-state index in [2.05, 4.69) is 27.3 Å². The van der Waals surface area contributed by atoms with E-state index >= 15 is 0 Å². The highest BCUT2D eigenvalue weighted by molar-refractivity contribution is 9.10. The maximum absolute atomic E-state index is 12.5. The lowest BCUT2D eigenvalue weighted by molar-refractivity contribution is -0.143. The Morgan fingerprint density at radius 2 is 1.96 bits per heavy atom. The molecule has 2 N–H and O–H groups in total. The number of aryl methyl sites for hydroxylation is 2. The zero-order valence-corrected chi connectivity index (χ0v) is 14.7. The van der Waals surface area contributed by atoms with Crippen molar-refractivity contribution in [3.63, 3.8) is 0 Å². The SMILES string of the molecule is CC1CC(C(=O)O)CN(C(=O)Nc2cc3c(cc2Br)CCC3)C1. The third kappa shape index (κ3) is 3.52. The maximum atomic E-state index is 12.5. The Bertz CT molecular complexity index is 647. The molecule has 2 unspecified atom stereocenters. The van der Waals surface area contributed by atoms with Gasteiger partial charge in [0.25, 0.3) is 0 Å². The topological polar surface area (TPSA) is 69.6 Å². The molecule has 5 nitrogen and oxygen atoms in total. The molecule has 1 fully saturated rings. The van der Waals surface area contributed by atoms with E-state index in [1.54, 1.807) is 4.90 Å². The number of halogens is 1. The van der Waals surface area contributed by atoms with Crippen molar-refractivity contribution >= 4 is 33.6 Å². The van der Waals surface area contributed by atoms with Crippen LogP contribution in [-0.2, 0) is 17.6 Å². The van der Waals surface area contributed by atoms with Crippen LogP contribution in [0.2, 0.25) is 0 Å². The van der Waals surface area contributed by atoms with Crippen molar-refractivity contribution in [3.05, 3.63) is 27.7 Å². The lowest BCUT2D eigenvalue weighted by Gasteiger charge is -2.34. The molecule has 1 heterocycles. The van der Waals surface area contributed by atoms with E-state index in [-0.39, 0.29) is 18.5 Å². The van der Waals surface area contributed by atoms with Gasteiger partial charge in [-0.1, -0.05) is 6.92 Å². The first-order valence-electron chi connectivity index (χ1n) is 8.04. The molecular formula is C17H21BrN2O3. The van der Waals surface area contributed by atoms with Crippen LogP contribution in [0.5, 0.6) is 0 Å². The summed E-state index contributed by atoms with van der Waals surface area (Å²) in [5, 5.41) is 12.2. The smallest absolute Gasteiger partial charge is 0.321 e. The van der Waals surface area contributed by atoms with Crippen LogP contribution in [0.3, 0.4) is 0 Å². The molecule has 2 atom stereocenters. The van der Waals surface area contributed by atoms with E-state index in [9.17, 15) is 14.7 Å². The van der Waals surface area contributed by atoms with Crippen LogP contribution in [0.25, 0.3) is 0 Å². The minimum absolute atomic E-state index is 0.194. The highest BCUT2D eigenvalue weighted by atomic mass is 79.9. The van der Waals surface area contributed by atoms with Crippen molar-refractivity contribution in [3.8, 4) is 0 Å². The second-order valence-corrected chi connectivity index (χ2v) is 7.52. The van der Waals surface area contributed by atoms with Gasteiger partial charge in [-0.3, -0.25) is 4.79 Å². The molecule has 1 aromatic rings. The molecule has 0 aromatic heterocycles. The number of likely N-dealkylation sites (tertiary alicyclic amines) is 1. The van der Waals surface area contributed by atoms with Gasteiger partial charge in [0.15, 0.2) is 0 Å². The summed E-state index contributed by atoms with van der Waals surface area (Å²) in [5.41, 5.74) is 3.40. The van der Waals surface area contributed by atoms with Crippen molar-refractivity contribution in [1.82, 2.24) is 4.90 Å². The van der Waals surface area contributed by atoms with E-state index in [0.29, 0.717) is 13.0 Å². The number of anilines is 1. The van der Waals surface area contributed by atoms with Gasteiger partial charge in [0.1, 0.15) is 0 Å². The predicted molar refractivity (Wildman–Crippen MR) is 91.7 cm³/mol. The molecule has 0 radical (unpaired) electrons. The molecule has 124 valence electrons. The molecule has 0 bridgehead atoms. The second kappa shape index (κ2) is 6.51. The maximum Gasteiger partial charge on any atom is 0.321 e. The Balaban J connectivity index is 1.73. The van der Waals surface area contributed by atoms with Crippen molar-refractivity contribution in [2.24, 2.45) is 11.8 Å². The van der Waals surface area contributed by atoms with Crippen LogP contribution < -0.4 is 5.32 Å². The Morgan fingerprint density at radius 1 is 1.26 bits per heavy atom. The molecule has 1 saturated heterocycles. The van der Waals surface area contributed by atoms with Crippen LogP contribution in [0.15, 0.2) is 16.6 Å². The first-order valence-corrected chi connectivity index (χ1v) is 8.83. The predicted octanol–water partition coefficient (Wildman–Crippen LogP) is 3.51. The summed E-state index contributed by atoms with van der Waals surface area (Å²) >= 11 is 3.52. The molecule has 0 saturated carbocycles. The van der Waals surface area contributed by atoms with Gasteiger partial charge in [0.2, 0.25) is 0 Å². The minimum atomic E-state index is -0.826. The highest BCUT2D eigenvalue weighted by Gasteiger charge is 2.32. The van der Waals surface area contributed by atoms with Gasteiger partial charge < -0.3 is 15.3 Å². The molecule has 0 spiro atoms. The lowest BCUT2D eigenvalue weighted by atomic mass is 9.91. The van der Waals surface area contributed by atoms with Crippen LogP contribution >= 0.6 is 15.9 Å². The standard InChI is InChI=1S/C17H21BrN2O3/c1-10-5-13(16(21)22)9-20(8-10)17(23)19-15-7-12-4-2-3-11(12)6-14(15)18/h6-7,10,13H,2-5,8-9H2,1H3,(H,19,23)(H,21,22). The van der Waals surface area contributed by atoms with Crippen molar-refractivity contribution in [1.29, 1.82) is 0 Å². The minimum Gasteiger partial charge on any atom is -0.481 e. The molecule has 2 amide bonds. The number of urea groups is 1. The number of carboxylic acid groups (broad SMARTS) is 1.